The monoisotopic (exact) mass is 304 g/mol. The van der Waals surface area contributed by atoms with Crippen molar-refractivity contribution in [1.82, 2.24) is 0 Å². The second kappa shape index (κ2) is 5.73. The molecule has 2 aromatic heterocycles. The second-order valence-electron chi connectivity index (χ2n) is 5.06. The number of amides is 2. The summed E-state index contributed by atoms with van der Waals surface area (Å²) in [6.07, 6.45) is 6.55. The Morgan fingerprint density at radius 3 is 2.76 bits per heavy atom. The minimum absolute atomic E-state index is 0.217. The van der Waals surface area contributed by atoms with E-state index >= 15 is 0 Å². The lowest BCUT2D eigenvalue weighted by atomic mass is 10.1. The van der Waals surface area contributed by atoms with Crippen LogP contribution in [0.2, 0.25) is 0 Å². The number of fused-ring (bicyclic) bond motifs is 1. The molecular weight excluding hydrogens is 288 g/mol. The highest BCUT2D eigenvalue weighted by Gasteiger charge is 2.24. The molecule has 0 spiro atoms. The lowest BCUT2D eigenvalue weighted by Crippen LogP contribution is -2.17. The van der Waals surface area contributed by atoms with Crippen LogP contribution in [0.3, 0.4) is 0 Å². The number of furan rings is 1. The number of thiophene rings is 1. The van der Waals surface area contributed by atoms with Crippen molar-refractivity contribution in [1.29, 1.82) is 0 Å². The minimum Gasteiger partial charge on any atom is -0.459 e. The van der Waals surface area contributed by atoms with Gasteiger partial charge in [-0.05, 0) is 43.4 Å². The molecule has 2 heterocycles. The maximum Gasteiger partial charge on any atom is 0.291 e. The van der Waals surface area contributed by atoms with Crippen molar-refractivity contribution in [3.8, 4) is 0 Å². The van der Waals surface area contributed by atoms with Crippen LogP contribution in [0, 0.1) is 0 Å². The van der Waals surface area contributed by atoms with E-state index in [1.54, 1.807) is 12.1 Å². The van der Waals surface area contributed by atoms with Crippen LogP contribution >= 0.6 is 11.3 Å². The van der Waals surface area contributed by atoms with Crippen molar-refractivity contribution in [3.63, 3.8) is 0 Å². The maximum absolute atomic E-state index is 12.1. The van der Waals surface area contributed by atoms with Crippen molar-refractivity contribution in [2.45, 2.75) is 32.1 Å². The number of aryl methyl sites for hydroxylation is 1. The van der Waals surface area contributed by atoms with Crippen LogP contribution in [-0.4, -0.2) is 11.8 Å². The lowest BCUT2D eigenvalue weighted by molar-refractivity contribution is 0.0997. The first-order valence-electron chi connectivity index (χ1n) is 6.96. The number of carbonyl (C=O) groups excluding carboxylic acids is 2. The maximum atomic E-state index is 12.1. The molecule has 0 aromatic carbocycles. The summed E-state index contributed by atoms with van der Waals surface area (Å²) < 4.78 is 5.07. The summed E-state index contributed by atoms with van der Waals surface area (Å²) in [4.78, 5) is 25.0. The highest BCUT2D eigenvalue weighted by molar-refractivity contribution is 7.17. The van der Waals surface area contributed by atoms with Crippen LogP contribution in [0.1, 0.15) is 50.6 Å². The van der Waals surface area contributed by atoms with E-state index in [1.165, 1.54) is 17.6 Å². The topological polar surface area (TPSA) is 85.3 Å². The van der Waals surface area contributed by atoms with E-state index in [2.05, 4.69) is 5.32 Å². The number of rotatable bonds is 3. The fraction of sp³-hybridized carbons (Fsp3) is 0.333. The molecule has 5 nitrogen and oxygen atoms in total. The van der Waals surface area contributed by atoms with Gasteiger partial charge in [-0.15, -0.1) is 11.3 Å². The summed E-state index contributed by atoms with van der Waals surface area (Å²) in [6.45, 7) is 0. The summed E-state index contributed by atoms with van der Waals surface area (Å²) in [7, 11) is 0. The minimum atomic E-state index is -0.482. The molecule has 0 bridgehead atoms. The van der Waals surface area contributed by atoms with Crippen molar-refractivity contribution in [2.24, 2.45) is 5.73 Å². The van der Waals surface area contributed by atoms with Gasteiger partial charge in [0.25, 0.3) is 11.8 Å². The average Bonchev–Trinajstić information content (AvgIpc) is 3.02. The number of anilines is 1. The molecule has 21 heavy (non-hydrogen) atoms. The molecule has 2 amide bonds. The normalized spacial score (nSPS) is 14.3. The molecule has 0 aliphatic heterocycles. The standard InChI is InChI=1S/C15H16N2O3S/c16-13(18)12-9-5-2-1-3-7-11(9)21-15(12)17-14(19)10-6-4-8-20-10/h4,6,8H,1-3,5,7H2,(H2,16,18)(H,17,19). The first kappa shape index (κ1) is 13.9. The third kappa shape index (κ3) is 2.71. The van der Waals surface area contributed by atoms with Crippen molar-refractivity contribution < 1.29 is 14.0 Å². The molecule has 0 fully saturated rings. The fourth-order valence-corrected chi connectivity index (χ4v) is 3.95. The van der Waals surface area contributed by atoms with Gasteiger partial charge in [-0.2, -0.15) is 0 Å². The smallest absolute Gasteiger partial charge is 0.291 e. The Hall–Kier alpha value is -2.08. The zero-order valence-corrected chi connectivity index (χ0v) is 12.3. The molecule has 1 aliphatic carbocycles. The Morgan fingerprint density at radius 2 is 2.05 bits per heavy atom. The van der Waals surface area contributed by atoms with E-state index in [9.17, 15) is 9.59 Å². The van der Waals surface area contributed by atoms with Gasteiger partial charge in [0, 0.05) is 4.88 Å². The van der Waals surface area contributed by atoms with Gasteiger partial charge >= 0.3 is 0 Å². The fourth-order valence-electron chi connectivity index (χ4n) is 2.66. The van der Waals surface area contributed by atoms with Crippen LogP contribution < -0.4 is 11.1 Å². The highest BCUT2D eigenvalue weighted by atomic mass is 32.1. The molecule has 0 unspecified atom stereocenters. The highest BCUT2D eigenvalue weighted by Crippen LogP contribution is 2.37. The number of nitrogens with two attached hydrogens (primary N) is 1. The van der Waals surface area contributed by atoms with Gasteiger partial charge in [-0.25, -0.2) is 0 Å². The van der Waals surface area contributed by atoms with Gasteiger partial charge in [0.05, 0.1) is 11.8 Å². The predicted octanol–water partition coefficient (Wildman–Crippen LogP) is 2.96. The molecule has 0 saturated carbocycles. The van der Waals surface area contributed by atoms with E-state index < -0.39 is 5.91 Å². The lowest BCUT2D eigenvalue weighted by Gasteiger charge is -2.04. The van der Waals surface area contributed by atoms with Crippen LogP contribution in [0.25, 0.3) is 0 Å². The average molecular weight is 304 g/mol. The number of hydrogen-bond donors (Lipinski definition) is 2. The zero-order valence-electron chi connectivity index (χ0n) is 11.5. The van der Waals surface area contributed by atoms with E-state index in [4.69, 9.17) is 10.2 Å². The largest absolute Gasteiger partial charge is 0.459 e. The predicted molar refractivity (Wildman–Crippen MR) is 80.8 cm³/mol. The summed E-state index contributed by atoms with van der Waals surface area (Å²) >= 11 is 1.45. The van der Waals surface area contributed by atoms with E-state index in [-0.39, 0.29) is 11.7 Å². The number of carbonyl (C=O) groups is 2. The molecular formula is C15H16N2O3S. The molecule has 3 N–H and O–H groups in total. The molecule has 0 radical (unpaired) electrons. The van der Waals surface area contributed by atoms with Crippen molar-refractivity contribution in [3.05, 3.63) is 40.2 Å². The Bertz CT molecular complexity index is 673. The zero-order chi connectivity index (χ0) is 14.8. The van der Waals surface area contributed by atoms with Crippen LogP contribution in [0.4, 0.5) is 5.00 Å². The van der Waals surface area contributed by atoms with Gasteiger partial charge in [0.1, 0.15) is 5.00 Å². The molecule has 2 aromatic rings. The molecule has 0 saturated heterocycles. The van der Waals surface area contributed by atoms with Gasteiger partial charge in [-0.3, -0.25) is 9.59 Å². The van der Waals surface area contributed by atoms with Crippen molar-refractivity contribution in [2.75, 3.05) is 5.32 Å². The third-order valence-corrected chi connectivity index (χ3v) is 4.85. The number of primary amides is 1. The van der Waals surface area contributed by atoms with Gasteiger partial charge in [0.15, 0.2) is 5.76 Å². The quantitative estimate of drug-likeness (QED) is 0.855. The molecule has 0 atom stereocenters. The first-order valence-corrected chi connectivity index (χ1v) is 7.77. The summed E-state index contributed by atoms with van der Waals surface area (Å²) in [5.41, 5.74) is 7.00. The van der Waals surface area contributed by atoms with Gasteiger partial charge < -0.3 is 15.5 Å². The first-order chi connectivity index (χ1) is 10.2. The van der Waals surface area contributed by atoms with Gasteiger partial charge in [0.2, 0.25) is 0 Å². The van der Waals surface area contributed by atoms with Crippen molar-refractivity contribution >= 4 is 28.2 Å². The van der Waals surface area contributed by atoms with Crippen LogP contribution in [-0.2, 0) is 12.8 Å². The van der Waals surface area contributed by atoms with E-state index in [0.29, 0.717) is 10.6 Å². The molecule has 3 rings (SSSR count). The Balaban J connectivity index is 1.95. The molecule has 110 valence electrons. The Labute approximate surface area is 126 Å². The SMILES string of the molecule is NC(=O)c1c(NC(=O)c2ccco2)sc2c1CCCCC2. The summed E-state index contributed by atoms with van der Waals surface area (Å²) in [5.74, 6) is -0.628. The molecule has 6 heteroatoms. The van der Waals surface area contributed by atoms with Crippen LogP contribution in [0.5, 0.6) is 0 Å². The van der Waals surface area contributed by atoms with Crippen LogP contribution in [0.15, 0.2) is 22.8 Å². The van der Waals surface area contributed by atoms with Gasteiger partial charge in [-0.1, -0.05) is 6.42 Å². The third-order valence-electron chi connectivity index (χ3n) is 3.64. The summed E-state index contributed by atoms with van der Waals surface area (Å²) in [5, 5.41) is 3.29. The Morgan fingerprint density at radius 1 is 1.24 bits per heavy atom. The summed E-state index contributed by atoms with van der Waals surface area (Å²) in [6, 6.07) is 3.23. The van der Waals surface area contributed by atoms with E-state index in [0.717, 1.165) is 42.5 Å². The second-order valence-corrected chi connectivity index (χ2v) is 6.17. The Kier molecular flexibility index (Phi) is 3.79. The number of hydrogen-bond acceptors (Lipinski definition) is 4. The molecule has 1 aliphatic rings. The number of nitrogens with one attached hydrogen (secondary N) is 1. The van der Waals surface area contributed by atoms with E-state index in [1.807, 2.05) is 0 Å².